The second-order valence-corrected chi connectivity index (χ2v) is 5.15. The van der Waals surface area contributed by atoms with E-state index in [4.69, 9.17) is 11.6 Å². The van der Waals surface area contributed by atoms with Gasteiger partial charge < -0.3 is 5.32 Å². The van der Waals surface area contributed by atoms with Crippen molar-refractivity contribution in [2.24, 2.45) is 0 Å². The van der Waals surface area contributed by atoms with Gasteiger partial charge in [0.05, 0.1) is 6.04 Å². The zero-order valence-corrected chi connectivity index (χ0v) is 11.2. The second-order valence-electron chi connectivity index (χ2n) is 4.74. The number of carbonyl (C=O) groups excluding carboxylic acids is 1. The Morgan fingerprint density at radius 2 is 1.89 bits per heavy atom. The molecule has 0 aromatic heterocycles. The van der Waals surface area contributed by atoms with E-state index >= 15 is 0 Å². The van der Waals surface area contributed by atoms with Crippen molar-refractivity contribution >= 4 is 17.5 Å². The summed E-state index contributed by atoms with van der Waals surface area (Å²) in [6.07, 6.45) is 1.88. The van der Waals surface area contributed by atoms with Crippen molar-refractivity contribution in [1.82, 2.24) is 5.32 Å². The minimum Gasteiger partial charge on any atom is -0.345 e. The number of hydrogen-bond acceptors (Lipinski definition) is 1. The lowest BCUT2D eigenvalue weighted by atomic mass is 10.1. The summed E-state index contributed by atoms with van der Waals surface area (Å²) in [6, 6.07) is 15.2. The van der Waals surface area contributed by atoms with E-state index in [2.05, 4.69) is 11.4 Å². The maximum absolute atomic E-state index is 12.2. The normalized spacial score (nSPS) is 17.0. The van der Waals surface area contributed by atoms with E-state index in [1.165, 1.54) is 5.56 Å². The average Bonchev–Trinajstić information content (AvgIpc) is 2.84. The Balaban J connectivity index is 1.82. The summed E-state index contributed by atoms with van der Waals surface area (Å²) >= 11 is 6.24. The molecule has 3 heteroatoms. The Labute approximate surface area is 117 Å². The molecular formula is C16H14ClNO. The van der Waals surface area contributed by atoms with Gasteiger partial charge in [-0.2, -0.15) is 0 Å². The Kier molecular flexibility index (Phi) is 3.26. The molecule has 0 bridgehead atoms. The van der Waals surface area contributed by atoms with Crippen molar-refractivity contribution in [2.45, 2.75) is 18.9 Å². The molecule has 1 N–H and O–H groups in total. The van der Waals surface area contributed by atoms with Crippen LogP contribution < -0.4 is 5.32 Å². The number of amides is 1. The smallest absolute Gasteiger partial charge is 0.251 e. The minimum absolute atomic E-state index is 0.0245. The molecule has 0 radical (unpaired) electrons. The summed E-state index contributed by atoms with van der Waals surface area (Å²) in [4.78, 5) is 12.2. The van der Waals surface area contributed by atoms with Crippen molar-refractivity contribution in [3.8, 4) is 0 Å². The van der Waals surface area contributed by atoms with E-state index in [-0.39, 0.29) is 11.9 Å². The quantitative estimate of drug-likeness (QED) is 0.885. The molecule has 2 aromatic carbocycles. The van der Waals surface area contributed by atoms with Crippen molar-refractivity contribution in [3.05, 3.63) is 70.2 Å². The minimum atomic E-state index is -0.0432. The first kappa shape index (κ1) is 12.2. The summed E-state index contributed by atoms with van der Waals surface area (Å²) in [6.45, 7) is 0. The van der Waals surface area contributed by atoms with Crippen LogP contribution in [-0.2, 0) is 6.42 Å². The predicted octanol–water partition coefficient (Wildman–Crippen LogP) is 3.76. The highest BCUT2D eigenvalue weighted by Crippen LogP contribution is 2.36. The molecule has 0 aliphatic heterocycles. The maximum Gasteiger partial charge on any atom is 0.251 e. The SMILES string of the molecule is O=C(N[C@@H]1CCc2cccc(Cl)c21)c1ccccc1. The molecule has 0 saturated heterocycles. The van der Waals surface area contributed by atoms with Crippen LogP contribution in [0.4, 0.5) is 0 Å². The molecule has 1 atom stereocenters. The number of aryl methyl sites for hydroxylation is 1. The number of rotatable bonds is 2. The first-order valence-corrected chi connectivity index (χ1v) is 6.76. The molecule has 1 amide bonds. The van der Waals surface area contributed by atoms with E-state index in [9.17, 15) is 4.79 Å². The number of nitrogens with one attached hydrogen (secondary N) is 1. The molecule has 0 fully saturated rings. The highest BCUT2D eigenvalue weighted by molar-refractivity contribution is 6.31. The molecule has 0 spiro atoms. The van der Waals surface area contributed by atoms with Gasteiger partial charge in [-0.1, -0.05) is 41.9 Å². The Morgan fingerprint density at radius 1 is 1.11 bits per heavy atom. The number of hydrogen-bond donors (Lipinski definition) is 1. The van der Waals surface area contributed by atoms with Crippen LogP contribution in [0.5, 0.6) is 0 Å². The highest BCUT2D eigenvalue weighted by atomic mass is 35.5. The van der Waals surface area contributed by atoms with Gasteiger partial charge >= 0.3 is 0 Å². The topological polar surface area (TPSA) is 29.1 Å². The fraction of sp³-hybridized carbons (Fsp3) is 0.188. The number of benzene rings is 2. The third-order valence-corrected chi connectivity index (χ3v) is 3.86. The van der Waals surface area contributed by atoms with E-state index in [0.717, 1.165) is 23.4 Å². The summed E-state index contributed by atoms with van der Waals surface area (Å²) in [7, 11) is 0. The zero-order valence-electron chi connectivity index (χ0n) is 10.4. The first-order chi connectivity index (χ1) is 9.25. The van der Waals surface area contributed by atoms with Gasteiger partial charge in [0.2, 0.25) is 0 Å². The molecule has 0 heterocycles. The molecular weight excluding hydrogens is 258 g/mol. The summed E-state index contributed by atoms with van der Waals surface area (Å²) < 4.78 is 0. The van der Waals surface area contributed by atoms with Gasteiger partial charge in [0.25, 0.3) is 5.91 Å². The summed E-state index contributed by atoms with van der Waals surface area (Å²) in [5.41, 5.74) is 3.00. The fourth-order valence-corrected chi connectivity index (χ4v) is 2.94. The molecule has 0 saturated carbocycles. The number of carbonyl (C=O) groups is 1. The van der Waals surface area contributed by atoms with Crippen LogP contribution in [0.3, 0.4) is 0 Å². The molecule has 19 heavy (non-hydrogen) atoms. The predicted molar refractivity (Wildman–Crippen MR) is 76.4 cm³/mol. The van der Waals surface area contributed by atoms with Crippen molar-refractivity contribution in [2.75, 3.05) is 0 Å². The maximum atomic E-state index is 12.2. The summed E-state index contributed by atoms with van der Waals surface area (Å²) in [5.74, 6) is -0.0432. The van der Waals surface area contributed by atoms with Crippen LogP contribution >= 0.6 is 11.6 Å². The second kappa shape index (κ2) is 5.06. The lowest BCUT2D eigenvalue weighted by Crippen LogP contribution is -2.27. The third-order valence-electron chi connectivity index (χ3n) is 3.54. The third kappa shape index (κ3) is 2.36. The first-order valence-electron chi connectivity index (χ1n) is 6.39. The Morgan fingerprint density at radius 3 is 2.68 bits per heavy atom. The van der Waals surface area contributed by atoms with Crippen molar-refractivity contribution in [1.29, 1.82) is 0 Å². The van der Waals surface area contributed by atoms with Gasteiger partial charge in [0, 0.05) is 10.6 Å². The van der Waals surface area contributed by atoms with E-state index in [1.54, 1.807) is 0 Å². The Hall–Kier alpha value is -1.80. The van der Waals surface area contributed by atoms with Crippen LogP contribution in [0.15, 0.2) is 48.5 Å². The van der Waals surface area contributed by atoms with Crippen LogP contribution in [0, 0.1) is 0 Å². The molecule has 3 rings (SSSR count). The molecule has 0 unspecified atom stereocenters. The van der Waals surface area contributed by atoms with Gasteiger partial charge in [-0.05, 0) is 42.2 Å². The van der Waals surface area contributed by atoms with E-state index < -0.39 is 0 Å². The Bertz CT molecular complexity index is 609. The van der Waals surface area contributed by atoms with Crippen LogP contribution in [0.25, 0.3) is 0 Å². The van der Waals surface area contributed by atoms with E-state index in [1.807, 2.05) is 42.5 Å². The lowest BCUT2D eigenvalue weighted by Gasteiger charge is -2.15. The zero-order chi connectivity index (χ0) is 13.2. The van der Waals surface area contributed by atoms with Gasteiger partial charge in [0.15, 0.2) is 0 Å². The molecule has 1 aliphatic carbocycles. The van der Waals surface area contributed by atoms with Crippen LogP contribution in [0.2, 0.25) is 5.02 Å². The lowest BCUT2D eigenvalue weighted by molar-refractivity contribution is 0.0937. The molecule has 1 aliphatic rings. The number of halogens is 1. The van der Waals surface area contributed by atoms with Crippen molar-refractivity contribution in [3.63, 3.8) is 0 Å². The molecule has 2 nitrogen and oxygen atoms in total. The molecule has 2 aromatic rings. The molecule has 96 valence electrons. The largest absolute Gasteiger partial charge is 0.345 e. The van der Waals surface area contributed by atoms with Gasteiger partial charge in [-0.3, -0.25) is 4.79 Å². The summed E-state index contributed by atoms with van der Waals surface area (Å²) in [5, 5.41) is 3.81. The van der Waals surface area contributed by atoms with Gasteiger partial charge in [-0.15, -0.1) is 0 Å². The standard InChI is InChI=1S/C16H14ClNO/c17-13-8-4-7-11-9-10-14(15(11)13)18-16(19)12-5-2-1-3-6-12/h1-8,14H,9-10H2,(H,18,19)/t14-/m1/s1. The average molecular weight is 272 g/mol. The van der Waals surface area contributed by atoms with Crippen molar-refractivity contribution < 1.29 is 4.79 Å². The highest BCUT2D eigenvalue weighted by Gasteiger charge is 2.26. The monoisotopic (exact) mass is 271 g/mol. The van der Waals surface area contributed by atoms with E-state index in [0.29, 0.717) is 5.56 Å². The van der Waals surface area contributed by atoms with Crippen LogP contribution in [0.1, 0.15) is 33.9 Å². The number of fused-ring (bicyclic) bond motifs is 1. The van der Waals surface area contributed by atoms with Crippen LogP contribution in [-0.4, -0.2) is 5.91 Å². The fourth-order valence-electron chi connectivity index (χ4n) is 2.61. The van der Waals surface area contributed by atoms with Gasteiger partial charge in [-0.25, -0.2) is 0 Å². The van der Waals surface area contributed by atoms with Gasteiger partial charge in [0.1, 0.15) is 0 Å².